The number of aromatic nitrogens is 1. The van der Waals surface area contributed by atoms with Gasteiger partial charge < -0.3 is 15.7 Å². The maximum absolute atomic E-state index is 12.1. The molecule has 1 atom stereocenters. The molecule has 1 saturated heterocycles. The lowest BCUT2D eigenvalue weighted by Gasteiger charge is -2.21. The van der Waals surface area contributed by atoms with Crippen molar-refractivity contribution in [3.8, 4) is 5.75 Å². The molecule has 2 aromatic rings. The lowest BCUT2D eigenvalue weighted by Crippen LogP contribution is -2.40. The van der Waals surface area contributed by atoms with Crippen LogP contribution in [0.2, 0.25) is 0 Å². The van der Waals surface area contributed by atoms with Crippen molar-refractivity contribution in [3.05, 3.63) is 53.9 Å². The normalized spacial score (nSPS) is 19.5. The third-order valence-corrected chi connectivity index (χ3v) is 3.75. The molecule has 0 saturated carbocycles. The van der Waals surface area contributed by atoms with Gasteiger partial charge in [-0.25, -0.2) is 4.79 Å². The van der Waals surface area contributed by atoms with Gasteiger partial charge in [-0.05, 0) is 30.7 Å². The fourth-order valence-electron chi connectivity index (χ4n) is 2.39. The number of benzene rings is 1. The van der Waals surface area contributed by atoms with Crippen LogP contribution >= 0.6 is 0 Å². The average Bonchev–Trinajstić information content (AvgIpc) is 2.81. The Bertz CT molecular complexity index is 834. The second kappa shape index (κ2) is 5.65. The number of hydrogen-bond acceptors (Lipinski definition) is 5. The van der Waals surface area contributed by atoms with E-state index in [4.69, 9.17) is 0 Å². The smallest absolute Gasteiger partial charge is 0.322 e. The van der Waals surface area contributed by atoms with Crippen molar-refractivity contribution in [1.82, 2.24) is 15.6 Å². The molecule has 8 nitrogen and oxygen atoms in total. The molecular weight excluding hydrogens is 312 g/mol. The highest BCUT2D eigenvalue weighted by molar-refractivity contribution is 6.07. The van der Waals surface area contributed by atoms with Gasteiger partial charge >= 0.3 is 6.03 Å². The number of rotatable bonds is 3. The van der Waals surface area contributed by atoms with Gasteiger partial charge in [0.15, 0.2) is 0 Å². The van der Waals surface area contributed by atoms with Gasteiger partial charge in [-0.15, -0.1) is 0 Å². The summed E-state index contributed by atoms with van der Waals surface area (Å²) >= 11 is 0. The highest BCUT2D eigenvalue weighted by Gasteiger charge is 2.43. The van der Waals surface area contributed by atoms with Crippen LogP contribution in [-0.4, -0.2) is 27.9 Å². The number of anilines is 1. The van der Waals surface area contributed by atoms with E-state index < -0.39 is 23.4 Å². The summed E-state index contributed by atoms with van der Waals surface area (Å²) in [5.41, 5.74) is 0.158. The molecule has 4 amide bonds. The molecule has 1 aliphatic heterocycles. The van der Waals surface area contributed by atoms with E-state index in [9.17, 15) is 19.5 Å². The van der Waals surface area contributed by atoms with Crippen LogP contribution in [0.1, 0.15) is 22.8 Å². The Morgan fingerprint density at radius 3 is 2.50 bits per heavy atom. The predicted octanol–water partition coefficient (Wildman–Crippen LogP) is 1.09. The van der Waals surface area contributed by atoms with E-state index in [0.717, 1.165) is 0 Å². The fourth-order valence-corrected chi connectivity index (χ4v) is 2.39. The lowest BCUT2D eigenvalue weighted by atomic mass is 9.92. The van der Waals surface area contributed by atoms with Crippen molar-refractivity contribution in [3.63, 3.8) is 0 Å². The van der Waals surface area contributed by atoms with Crippen molar-refractivity contribution in [2.75, 3.05) is 5.32 Å². The highest BCUT2D eigenvalue weighted by atomic mass is 16.3. The summed E-state index contributed by atoms with van der Waals surface area (Å²) in [6.07, 6.45) is 2.57. The Kier molecular flexibility index (Phi) is 3.64. The van der Waals surface area contributed by atoms with Gasteiger partial charge in [0, 0.05) is 11.9 Å². The number of aromatic hydroxyl groups is 1. The molecule has 0 radical (unpaired) electrons. The van der Waals surface area contributed by atoms with Crippen molar-refractivity contribution < 1.29 is 19.5 Å². The summed E-state index contributed by atoms with van der Waals surface area (Å²) in [6, 6.07) is 7.27. The van der Waals surface area contributed by atoms with E-state index in [0.29, 0.717) is 11.3 Å². The summed E-state index contributed by atoms with van der Waals surface area (Å²) < 4.78 is 0. The third kappa shape index (κ3) is 2.76. The summed E-state index contributed by atoms with van der Waals surface area (Å²) in [5, 5.41) is 16.8. The van der Waals surface area contributed by atoms with Gasteiger partial charge in [0.25, 0.3) is 11.8 Å². The molecule has 1 aliphatic rings. The first-order valence-corrected chi connectivity index (χ1v) is 7.08. The number of urea groups is 1. The van der Waals surface area contributed by atoms with E-state index in [2.05, 4.69) is 20.9 Å². The van der Waals surface area contributed by atoms with E-state index in [-0.39, 0.29) is 11.3 Å². The number of nitrogens with one attached hydrogen (secondary N) is 3. The Morgan fingerprint density at radius 2 is 1.92 bits per heavy atom. The number of hydrogen-bond donors (Lipinski definition) is 4. The lowest BCUT2D eigenvalue weighted by molar-refractivity contribution is -0.123. The molecule has 0 aliphatic carbocycles. The largest absolute Gasteiger partial charge is 0.506 e. The van der Waals surface area contributed by atoms with E-state index in [1.54, 1.807) is 31.2 Å². The van der Waals surface area contributed by atoms with Crippen LogP contribution in [0.4, 0.5) is 10.5 Å². The van der Waals surface area contributed by atoms with E-state index >= 15 is 0 Å². The van der Waals surface area contributed by atoms with Crippen molar-refractivity contribution in [2.24, 2.45) is 0 Å². The van der Waals surface area contributed by atoms with Gasteiger partial charge in [0.2, 0.25) is 0 Å². The SMILES string of the molecule is C[C@@]1(c2ccc(NC(=O)c3cncc(O)c3)cc2)NC(=O)NC1=O. The summed E-state index contributed by atoms with van der Waals surface area (Å²) in [4.78, 5) is 39.0. The Labute approximate surface area is 136 Å². The van der Waals surface area contributed by atoms with Gasteiger partial charge in [-0.1, -0.05) is 12.1 Å². The minimum atomic E-state index is -1.14. The van der Waals surface area contributed by atoms with Gasteiger partial charge in [-0.3, -0.25) is 19.9 Å². The number of imide groups is 1. The quantitative estimate of drug-likeness (QED) is 0.629. The topological polar surface area (TPSA) is 120 Å². The number of pyridine rings is 1. The van der Waals surface area contributed by atoms with Gasteiger partial charge in [0.1, 0.15) is 11.3 Å². The number of carbonyl (C=O) groups is 3. The molecule has 1 aromatic heterocycles. The molecule has 1 aromatic carbocycles. The third-order valence-electron chi connectivity index (χ3n) is 3.75. The standard InChI is InChI=1S/C16H14N4O4/c1-16(14(23)19-15(24)20-16)10-2-4-11(5-3-10)18-13(22)9-6-12(21)8-17-7-9/h2-8,21H,1H3,(H,18,22)(H2,19,20,23,24)/t16-/m0/s1. The molecule has 0 unspecified atom stereocenters. The van der Waals surface area contributed by atoms with Crippen LogP contribution in [0.25, 0.3) is 0 Å². The monoisotopic (exact) mass is 326 g/mol. The van der Waals surface area contributed by atoms with Crippen LogP contribution < -0.4 is 16.0 Å². The molecule has 3 rings (SSSR count). The minimum absolute atomic E-state index is 0.103. The zero-order chi connectivity index (χ0) is 17.3. The maximum Gasteiger partial charge on any atom is 0.322 e. The van der Waals surface area contributed by atoms with Crippen LogP contribution in [0.15, 0.2) is 42.7 Å². The van der Waals surface area contributed by atoms with Crippen LogP contribution in [-0.2, 0) is 10.3 Å². The summed E-state index contributed by atoms with van der Waals surface area (Å²) in [6.45, 7) is 1.60. The second-order valence-electron chi connectivity index (χ2n) is 5.50. The number of carbonyl (C=O) groups excluding carboxylic acids is 3. The Morgan fingerprint density at radius 1 is 1.21 bits per heavy atom. The van der Waals surface area contributed by atoms with Crippen LogP contribution in [0, 0.1) is 0 Å². The molecule has 24 heavy (non-hydrogen) atoms. The van der Waals surface area contributed by atoms with Gasteiger partial charge in [-0.2, -0.15) is 0 Å². The molecule has 0 bridgehead atoms. The molecule has 122 valence electrons. The highest BCUT2D eigenvalue weighted by Crippen LogP contribution is 2.25. The maximum atomic E-state index is 12.1. The van der Waals surface area contributed by atoms with Crippen LogP contribution in [0.5, 0.6) is 5.75 Å². The van der Waals surface area contributed by atoms with Crippen molar-refractivity contribution >= 4 is 23.5 Å². The molecule has 2 heterocycles. The average molecular weight is 326 g/mol. The fraction of sp³-hybridized carbons (Fsp3) is 0.125. The summed E-state index contributed by atoms with van der Waals surface area (Å²) in [5.74, 6) is -0.965. The van der Waals surface area contributed by atoms with Crippen molar-refractivity contribution in [2.45, 2.75) is 12.5 Å². The second-order valence-corrected chi connectivity index (χ2v) is 5.50. The van der Waals surface area contributed by atoms with E-state index in [1.165, 1.54) is 18.5 Å². The van der Waals surface area contributed by atoms with E-state index in [1.807, 2.05) is 0 Å². The molecule has 1 fully saturated rings. The first-order chi connectivity index (χ1) is 11.4. The zero-order valence-electron chi connectivity index (χ0n) is 12.7. The number of nitrogens with zero attached hydrogens (tertiary/aromatic N) is 1. The van der Waals surface area contributed by atoms with Crippen molar-refractivity contribution in [1.29, 1.82) is 0 Å². The molecular formula is C16H14N4O4. The zero-order valence-corrected chi connectivity index (χ0v) is 12.7. The van der Waals surface area contributed by atoms with Crippen LogP contribution in [0.3, 0.4) is 0 Å². The summed E-state index contributed by atoms with van der Waals surface area (Å²) in [7, 11) is 0. The molecule has 0 spiro atoms. The minimum Gasteiger partial charge on any atom is -0.506 e. The molecule has 8 heteroatoms. The molecule has 4 N–H and O–H groups in total. The first kappa shape index (κ1) is 15.5. The number of amides is 4. The predicted molar refractivity (Wildman–Crippen MR) is 84.3 cm³/mol. The first-order valence-electron chi connectivity index (χ1n) is 7.08. The van der Waals surface area contributed by atoms with Gasteiger partial charge in [0.05, 0.1) is 11.8 Å². The Hall–Kier alpha value is -3.42. The Balaban J connectivity index is 1.77.